The zero-order chi connectivity index (χ0) is 19.5. The first-order valence-electron chi connectivity index (χ1n) is 10.0. The second-order valence-corrected chi connectivity index (χ2v) is 11.2. The highest BCUT2D eigenvalue weighted by atomic mass is 32.2. The predicted octanol–water partition coefficient (Wildman–Crippen LogP) is 3.75. The molecule has 6 heteroatoms. The predicted molar refractivity (Wildman–Crippen MR) is 114 cm³/mol. The second-order valence-electron chi connectivity index (χ2n) is 8.76. The summed E-state index contributed by atoms with van der Waals surface area (Å²) in [6.45, 7) is 8.18. The molecule has 1 aliphatic carbocycles. The molecule has 0 spiro atoms. The number of sulfonamides is 1. The van der Waals surface area contributed by atoms with Crippen molar-refractivity contribution in [1.82, 2.24) is 4.72 Å². The molecule has 2 N–H and O–H groups in total. The Labute approximate surface area is 164 Å². The molecular weight excluding hydrogens is 358 g/mol. The van der Waals surface area contributed by atoms with Crippen LogP contribution in [-0.4, -0.2) is 38.8 Å². The van der Waals surface area contributed by atoms with Crippen LogP contribution in [0.25, 0.3) is 0 Å². The van der Waals surface area contributed by atoms with Crippen LogP contribution in [0.15, 0.2) is 36.4 Å². The number of benzene rings is 1. The van der Waals surface area contributed by atoms with Crippen molar-refractivity contribution in [2.24, 2.45) is 5.92 Å². The van der Waals surface area contributed by atoms with Gasteiger partial charge < -0.3 is 10.2 Å². The van der Waals surface area contributed by atoms with Crippen molar-refractivity contribution >= 4 is 21.4 Å². The summed E-state index contributed by atoms with van der Waals surface area (Å²) in [5.74, 6) is 0.600. The van der Waals surface area contributed by atoms with Crippen molar-refractivity contribution in [2.45, 2.75) is 57.2 Å². The number of hydrogen-bond donors (Lipinski definition) is 2. The van der Waals surface area contributed by atoms with Crippen LogP contribution in [0.5, 0.6) is 0 Å². The van der Waals surface area contributed by atoms with Crippen LogP contribution in [-0.2, 0) is 10.0 Å². The van der Waals surface area contributed by atoms with Crippen LogP contribution in [0.2, 0.25) is 0 Å². The molecule has 1 fully saturated rings. The largest absolute Gasteiger partial charge is 0.385 e. The lowest BCUT2D eigenvalue weighted by atomic mass is 9.86. The lowest BCUT2D eigenvalue weighted by Crippen LogP contribution is -2.46. The Hall–Kier alpha value is -1.53. The summed E-state index contributed by atoms with van der Waals surface area (Å²) in [6, 6.07) is 8.73. The Balaban J connectivity index is 1.42. The molecule has 0 amide bonds. The van der Waals surface area contributed by atoms with Gasteiger partial charge in [-0.15, -0.1) is 0 Å². The third-order valence-corrected chi connectivity index (χ3v) is 7.88. The van der Waals surface area contributed by atoms with Gasteiger partial charge in [-0.2, -0.15) is 0 Å². The molecule has 0 saturated heterocycles. The molecular formula is C21H33N3O2S. The van der Waals surface area contributed by atoms with E-state index >= 15 is 0 Å². The van der Waals surface area contributed by atoms with E-state index in [1.165, 1.54) is 5.69 Å². The van der Waals surface area contributed by atoms with Gasteiger partial charge >= 0.3 is 0 Å². The molecule has 0 atom stereocenters. The highest BCUT2D eigenvalue weighted by Gasteiger charge is 2.32. The van der Waals surface area contributed by atoms with Gasteiger partial charge in [-0.05, 0) is 76.6 Å². The van der Waals surface area contributed by atoms with E-state index in [0.29, 0.717) is 5.92 Å². The molecule has 1 heterocycles. The number of anilines is 2. The van der Waals surface area contributed by atoms with Crippen molar-refractivity contribution in [3.8, 4) is 0 Å². The van der Waals surface area contributed by atoms with Gasteiger partial charge in [0.2, 0.25) is 10.0 Å². The summed E-state index contributed by atoms with van der Waals surface area (Å²) in [6.07, 6.45) is 8.35. The number of hydrogen-bond acceptors (Lipinski definition) is 4. The lowest BCUT2D eigenvalue weighted by Gasteiger charge is -2.31. The van der Waals surface area contributed by atoms with Gasteiger partial charge in [0.25, 0.3) is 0 Å². The summed E-state index contributed by atoms with van der Waals surface area (Å²) in [7, 11) is -3.26. The van der Waals surface area contributed by atoms with Gasteiger partial charge in [0.05, 0.1) is 4.75 Å². The quantitative estimate of drug-likeness (QED) is 0.725. The summed E-state index contributed by atoms with van der Waals surface area (Å²) in [5.41, 5.74) is 2.42. The van der Waals surface area contributed by atoms with Crippen LogP contribution in [0, 0.1) is 5.92 Å². The zero-order valence-electron chi connectivity index (χ0n) is 16.7. The first kappa shape index (κ1) is 20.2. The minimum atomic E-state index is -3.26. The smallest absolute Gasteiger partial charge is 0.216 e. The number of nitrogens with one attached hydrogen (secondary N) is 2. The molecule has 3 rings (SSSR count). The Morgan fingerprint density at radius 3 is 2.15 bits per heavy atom. The van der Waals surface area contributed by atoms with E-state index in [9.17, 15) is 8.42 Å². The highest BCUT2D eigenvalue weighted by molar-refractivity contribution is 7.90. The van der Waals surface area contributed by atoms with E-state index in [4.69, 9.17) is 0 Å². The monoisotopic (exact) mass is 391 g/mol. The average molecular weight is 392 g/mol. The summed E-state index contributed by atoms with van der Waals surface area (Å²) < 4.78 is 26.8. The lowest BCUT2D eigenvalue weighted by molar-refractivity contribution is 0.322. The number of rotatable bonds is 6. The summed E-state index contributed by atoms with van der Waals surface area (Å²) >= 11 is 0. The van der Waals surface area contributed by atoms with Gasteiger partial charge in [-0.3, -0.25) is 0 Å². The third-order valence-electron chi connectivity index (χ3n) is 5.62. The van der Waals surface area contributed by atoms with E-state index in [2.05, 4.69) is 51.4 Å². The third kappa shape index (κ3) is 5.26. The van der Waals surface area contributed by atoms with E-state index in [1.807, 2.05) is 0 Å². The summed E-state index contributed by atoms with van der Waals surface area (Å²) in [4.78, 5) is 2.34. The van der Waals surface area contributed by atoms with Gasteiger partial charge in [0.1, 0.15) is 0 Å². The second kappa shape index (κ2) is 8.23. The number of nitrogens with zero attached hydrogens (tertiary/aromatic N) is 1. The van der Waals surface area contributed by atoms with E-state index < -0.39 is 14.8 Å². The van der Waals surface area contributed by atoms with Gasteiger partial charge in [0.15, 0.2) is 0 Å². The Morgan fingerprint density at radius 2 is 1.59 bits per heavy atom. The maximum atomic E-state index is 12.3. The molecule has 5 nitrogen and oxygen atoms in total. The molecule has 1 aromatic carbocycles. The highest BCUT2D eigenvalue weighted by Crippen LogP contribution is 2.27. The van der Waals surface area contributed by atoms with Gasteiger partial charge in [0, 0.05) is 37.1 Å². The van der Waals surface area contributed by atoms with Gasteiger partial charge in [-0.1, -0.05) is 12.2 Å². The molecule has 0 unspecified atom stereocenters. The van der Waals surface area contributed by atoms with E-state index in [1.54, 1.807) is 20.8 Å². The SMILES string of the molecule is CC(C)(C)S(=O)(=O)N[C@H]1CC[C@H](CNc2ccc(N3CC=CC3)cc2)CC1. The fourth-order valence-corrected chi connectivity index (χ4v) is 4.65. The standard InChI is InChI=1S/C21H33N3O2S/c1-21(2,3)27(25,26)23-19-8-6-17(7-9-19)16-22-18-10-12-20(13-11-18)24-14-4-5-15-24/h4-5,10-13,17,19,22-23H,6-9,14-16H2,1-3H3/t17-,19-. The van der Waals surface area contributed by atoms with Crippen molar-refractivity contribution < 1.29 is 8.42 Å². The van der Waals surface area contributed by atoms with Crippen molar-refractivity contribution in [1.29, 1.82) is 0 Å². The van der Waals surface area contributed by atoms with Gasteiger partial charge in [-0.25, -0.2) is 13.1 Å². The maximum absolute atomic E-state index is 12.3. The Morgan fingerprint density at radius 1 is 1.00 bits per heavy atom. The molecule has 27 heavy (non-hydrogen) atoms. The molecule has 2 aliphatic rings. The zero-order valence-corrected chi connectivity index (χ0v) is 17.6. The van der Waals surface area contributed by atoms with Crippen LogP contribution >= 0.6 is 0 Å². The van der Waals surface area contributed by atoms with Crippen molar-refractivity contribution in [2.75, 3.05) is 29.9 Å². The maximum Gasteiger partial charge on any atom is 0.216 e. The minimum absolute atomic E-state index is 0.0822. The van der Waals surface area contributed by atoms with Crippen LogP contribution in [0.4, 0.5) is 11.4 Å². The fourth-order valence-electron chi connectivity index (χ4n) is 3.62. The molecule has 1 saturated carbocycles. The van der Waals surface area contributed by atoms with E-state index in [0.717, 1.165) is 51.0 Å². The van der Waals surface area contributed by atoms with Crippen LogP contribution < -0.4 is 14.9 Å². The molecule has 1 aliphatic heterocycles. The molecule has 1 aromatic rings. The van der Waals surface area contributed by atoms with Crippen molar-refractivity contribution in [3.05, 3.63) is 36.4 Å². The minimum Gasteiger partial charge on any atom is -0.385 e. The van der Waals surface area contributed by atoms with Crippen LogP contribution in [0.3, 0.4) is 0 Å². The Kier molecular flexibility index (Phi) is 6.16. The molecule has 0 bridgehead atoms. The first-order chi connectivity index (χ1) is 12.7. The summed E-state index contributed by atoms with van der Waals surface area (Å²) in [5, 5.41) is 3.55. The Bertz CT molecular complexity index is 735. The average Bonchev–Trinajstić information content (AvgIpc) is 3.15. The van der Waals surface area contributed by atoms with Crippen molar-refractivity contribution in [3.63, 3.8) is 0 Å². The molecule has 0 radical (unpaired) electrons. The molecule has 0 aromatic heterocycles. The normalized spacial score (nSPS) is 23.6. The first-order valence-corrected chi connectivity index (χ1v) is 11.5. The molecule has 150 valence electrons. The fraction of sp³-hybridized carbons (Fsp3) is 0.619. The van der Waals surface area contributed by atoms with Crippen LogP contribution in [0.1, 0.15) is 46.5 Å². The topological polar surface area (TPSA) is 61.4 Å². The van der Waals surface area contributed by atoms with E-state index in [-0.39, 0.29) is 6.04 Å².